The molecule has 0 radical (unpaired) electrons. The molecule has 6 heteroatoms. The first kappa shape index (κ1) is 18.1. The second kappa shape index (κ2) is 10.8. The first-order chi connectivity index (χ1) is 10.7. The summed E-state index contributed by atoms with van der Waals surface area (Å²) < 4.78 is 10.6. The molecule has 1 aromatic carbocycles. The van der Waals surface area contributed by atoms with Crippen molar-refractivity contribution >= 4 is 11.8 Å². The summed E-state index contributed by atoms with van der Waals surface area (Å²) in [5.74, 6) is -0.361. The molecular weight excluding hydrogens is 284 g/mol. The van der Waals surface area contributed by atoms with Gasteiger partial charge in [-0.25, -0.2) is 0 Å². The van der Waals surface area contributed by atoms with Crippen LogP contribution in [0.3, 0.4) is 0 Å². The minimum Gasteiger partial charge on any atom is -0.379 e. The van der Waals surface area contributed by atoms with Crippen molar-refractivity contribution in [1.29, 1.82) is 0 Å². The number of nitrogens with one attached hydrogen (secondary N) is 2. The second-order valence-corrected chi connectivity index (χ2v) is 4.64. The highest BCUT2D eigenvalue weighted by molar-refractivity contribution is 5.97. The molecule has 0 aliphatic rings. The summed E-state index contributed by atoms with van der Waals surface area (Å²) in [5.41, 5.74) is 1.04. The van der Waals surface area contributed by atoms with E-state index in [9.17, 15) is 9.59 Å². The maximum atomic E-state index is 11.9. The van der Waals surface area contributed by atoms with Crippen molar-refractivity contribution in [3.63, 3.8) is 0 Å². The molecule has 6 nitrogen and oxygen atoms in total. The molecule has 0 bridgehead atoms. The smallest absolute Gasteiger partial charge is 0.251 e. The van der Waals surface area contributed by atoms with Crippen molar-refractivity contribution in [2.24, 2.45) is 0 Å². The van der Waals surface area contributed by atoms with Gasteiger partial charge in [-0.3, -0.25) is 9.59 Å². The molecule has 0 saturated heterocycles. The highest BCUT2D eigenvalue weighted by Crippen LogP contribution is 2.04. The van der Waals surface area contributed by atoms with Gasteiger partial charge in [0.25, 0.3) is 11.8 Å². The molecule has 0 aliphatic carbocycles. The van der Waals surface area contributed by atoms with Crippen molar-refractivity contribution in [3.05, 3.63) is 35.4 Å². The van der Waals surface area contributed by atoms with Crippen molar-refractivity contribution < 1.29 is 19.1 Å². The number of ether oxygens (including phenoxy) is 2. The molecule has 0 heterocycles. The van der Waals surface area contributed by atoms with Crippen LogP contribution in [-0.2, 0) is 9.47 Å². The van der Waals surface area contributed by atoms with Gasteiger partial charge in [0.15, 0.2) is 0 Å². The predicted octanol–water partition coefficient (Wildman–Crippen LogP) is 1.22. The summed E-state index contributed by atoms with van der Waals surface area (Å²) in [6, 6.07) is 6.49. The van der Waals surface area contributed by atoms with Gasteiger partial charge in [0.05, 0.1) is 19.8 Å². The van der Waals surface area contributed by atoms with E-state index in [2.05, 4.69) is 17.6 Å². The first-order valence-corrected chi connectivity index (χ1v) is 7.44. The van der Waals surface area contributed by atoms with E-state index in [0.717, 1.165) is 13.0 Å². The molecule has 1 rings (SSSR count). The largest absolute Gasteiger partial charge is 0.379 e. The highest BCUT2D eigenvalue weighted by atomic mass is 16.5. The predicted molar refractivity (Wildman–Crippen MR) is 84.1 cm³/mol. The fourth-order valence-electron chi connectivity index (χ4n) is 1.72. The maximum absolute atomic E-state index is 11.9. The van der Waals surface area contributed by atoms with Crippen LogP contribution in [-0.4, -0.2) is 51.8 Å². The molecule has 0 fully saturated rings. The molecule has 2 amide bonds. The topological polar surface area (TPSA) is 76.7 Å². The summed E-state index contributed by atoms with van der Waals surface area (Å²) in [6.07, 6.45) is 0.995. The van der Waals surface area contributed by atoms with Gasteiger partial charge in [0.2, 0.25) is 0 Å². The number of amides is 2. The lowest BCUT2D eigenvalue weighted by Gasteiger charge is -2.07. The Balaban J connectivity index is 2.21. The van der Waals surface area contributed by atoms with Crippen LogP contribution in [0.15, 0.2) is 24.3 Å². The van der Waals surface area contributed by atoms with E-state index in [1.165, 1.54) is 0 Å². The van der Waals surface area contributed by atoms with Crippen molar-refractivity contribution in [3.8, 4) is 0 Å². The molecule has 22 heavy (non-hydrogen) atoms. The second-order valence-electron chi connectivity index (χ2n) is 4.64. The Labute approximate surface area is 131 Å². The standard InChI is InChI=1S/C16H24N2O4/c1-3-9-21-11-12-22-10-8-18-16(20)14-6-4-13(5-7-14)15(19)17-2/h4-7H,3,8-12H2,1-2H3,(H,17,19)(H,18,20). The van der Waals surface area contributed by atoms with Gasteiger partial charge >= 0.3 is 0 Å². The monoisotopic (exact) mass is 308 g/mol. The highest BCUT2D eigenvalue weighted by Gasteiger charge is 2.07. The van der Waals surface area contributed by atoms with Crippen LogP contribution < -0.4 is 10.6 Å². The number of carbonyl (C=O) groups is 2. The quantitative estimate of drug-likeness (QED) is 0.637. The zero-order chi connectivity index (χ0) is 16.2. The summed E-state index contributed by atoms with van der Waals surface area (Å²) in [4.78, 5) is 23.3. The van der Waals surface area contributed by atoms with Crippen molar-refractivity contribution in [1.82, 2.24) is 10.6 Å². The Morgan fingerprint density at radius 3 is 2.00 bits per heavy atom. The SMILES string of the molecule is CCCOCCOCCNC(=O)c1ccc(C(=O)NC)cc1. The lowest BCUT2D eigenvalue weighted by molar-refractivity contribution is 0.0485. The Bertz CT molecular complexity index is 460. The minimum atomic E-state index is -0.186. The van der Waals surface area contributed by atoms with Crippen LogP contribution in [0.1, 0.15) is 34.1 Å². The average Bonchev–Trinajstić information content (AvgIpc) is 2.56. The normalized spacial score (nSPS) is 10.3. The summed E-state index contributed by atoms with van der Waals surface area (Å²) in [6.45, 7) is 4.77. The van der Waals surface area contributed by atoms with Crippen LogP contribution in [0.2, 0.25) is 0 Å². The Morgan fingerprint density at radius 2 is 1.45 bits per heavy atom. The van der Waals surface area contributed by atoms with E-state index in [1.807, 2.05) is 0 Å². The molecule has 0 atom stereocenters. The lowest BCUT2D eigenvalue weighted by Crippen LogP contribution is -2.27. The molecule has 1 aromatic rings. The molecule has 0 saturated carbocycles. The fraction of sp³-hybridized carbons (Fsp3) is 0.500. The fourth-order valence-corrected chi connectivity index (χ4v) is 1.72. The molecule has 122 valence electrons. The zero-order valence-corrected chi connectivity index (χ0v) is 13.2. The van der Waals surface area contributed by atoms with Gasteiger partial charge in [-0.15, -0.1) is 0 Å². The van der Waals surface area contributed by atoms with Gasteiger partial charge in [0, 0.05) is 31.3 Å². The molecule has 0 spiro atoms. The van der Waals surface area contributed by atoms with Gasteiger partial charge in [0.1, 0.15) is 0 Å². The van der Waals surface area contributed by atoms with Crippen molar-refractivity contribution in [2.75, 3.05) is 40.0 Å². The zero-order valence-electron chi connectivity index (χ0n) is 13.2. The summed E-state index contributed by atoms with van der Waals surface area (Å²) in [7, 11) is 1.57. The third kappa shape index (κ3) is 6.69. The van der Waals surface area contributed by atoms with Gasteiger partial charge in [-0.2, -0.15) is 0 Å². The maximum Gasteiger partial charge on any atom is 0.251 e. The first-order valence-electron chi connectivity index (χ1n) is 7.44. The minimum absolute atomic E-state index is 0.175. The molecule has 0 aromatic heterocycles. The lowest BCUT2D eigenvalue weighted by atomic mass is 10.1. The third-order valence-electron chi connectivity index (χ3n) is 2.89. The summed E-state index contributed by atoms with van der Waals surface area (Å²) in [5, 5.41) is 5.29. The van der Waals surface area contributed by atoms with Crippen LogP contribution in [0.5, 0.6) is 0 Å². The van der Waals surface area contributed by atoms with Crippen LogP contribution in [0.4, 0.5) is 0 Å². The van der Waals surface area contributed by atoms with Gasteiger partial charge < -0.3 is 20.1 Å². The van der Waals surface area contributed by atoms with Crippen LogP contribution in [0, 0.1) is 0 Å². The Morgan fingerprint density at radius 1 is 0.909 bits per heavy atom. The number of rotatable bonds is 10. The van der Waals surface area contributed by atoms with Gasteiger partial charge in [-0.1, -0.05) is 6.92 Å². The Hall–Kier alpha value is -1.92. The number of benzene rings is 1. The Kier molecular flexibility index (Phi) is 8.86. The van der Waals surface area contributed by atoms with E-state index >= 15 is 0 Å². The number of carbonyl (C=O) groups excluding carboxylic acids is 2. The van der Waals surface area contributed by atoms with Crippen molar-refractivity contribution in [2.45, 2.75) is 13.3 Å². The van der Waals surface area contributed by atoms with Crippen LogP contribution >= 0.6 is 0 Å². The van der Waals surface area contributed by atoms with E-state index in [-0.39, 0.29) is 11.8 Å². The third-order valence-corrected chi connectivity index (χ3v) is 2.89. The van der Waals surface area contributed by atoms with E-state index in [0.29, 0.717) is 37.5 Å². The van der Waals surface area contributed by atoms with E-state index in [1.54, 1.807) is 31.3 Å². The van der Waals surface area contributed by atoms with E-state index in [4.69, 9.17) is 9.47 Å². The van der Waals surface area contributed by atoms with E-state index < -0.39 is 0 Å². The average molecular weight is 308 g/mol. The number of hydrogen-bond donors (Lipinski definition) is 2. The van der Waals surface area contributed by atoms with Crippen LogP contribution in [0.25, 0.3) is 0 Å². The molecule has 0 aliphatic heterocycles. The molecule has 0 unspecified atom stereocenters. The summed E-state index contributed by atoms with van der Waals surface area (Å²) >= 11 is 0. The molecule has 2 N–H and O–H groups in total. The number of hydrogen-bond acceptors (Lipinski definition) is 4. The van der Waals surface area contributed by atoms with Gasteiger partial charge in [-0.05, 0) is 30.7 Å². The molecular formula is C16H24N2O4.